The Morgan fingerprint density at radius 1 is 0.393 bits per heavy atom. The first-order valence-corrected chi connectivity index (χ1v) is 17.1. The van der Waals surface area contributed by atoms with Crippen LogP contribution < -0.4 is 20.2 Å². The summed E-state index contributed by atoms with van der Waals surface area (Å²) in [4.78, 5) is 31.5. The number of aliphatic carboxylic acids is 2. The van der Waals surface area contributed by atoms with E-state index in [0.29, 0.717) is 0 Å². The average molecular weight is 747 g/mol. The lowest BCUT2D eigenvalue weighted by Gasteiger charge is -1.98. The monoisotopic (exact) mass is 746 g/mol. The zero-order chi connectivity index (χ0) is 39.6. The molecule has 0 amide bonds. The van der Waals surface area contributed by atoms with E-state index in [4.69, 9.17) is 19.8 Å². The van der Waals surface area contributed by atoms with E-state index in [9.17, 15) is 20.4 Å². The molecule has 8 rings (SSSR count). The number of phenolic OH excluding ortho intramolecular Hbond substituents is 4. The molecule has 8 aromatic rings. The lowest BCUT2D eigenvalue weighted by molar-refractivity contribution is -0.349. The number of aromatic amines is 4. The Kier molecular flexibility index (Phi) is 11.5. The zero-order valence-corrected chi connectivity index (χ0v) is 29.4. The van der Waals surface area contributed by atoms with E-state index in [1.165, 1.54) is 24.3 Å². The summed E-state index contributed by atoms with van der Waals surface area (Å²) in [5.41, 5.74) is 9.63. The molecule has 12 heteroatoms. The van der Waals surface area contributed by atoms with Crippen LogP contribution in [0.4, 0.5) is 0 Å². The van der Waals surface area contributed by atoms with Crippen molar-refractivity contribution in [1.82, 2.24) is 9.97 Å². The molecule has 6 aromatic carbocycles. The van der Waals surface area contributed by atoms with E-state index in [2.05, 4.69) is 19.9 Å². The number of carbonyl (C=O) groups excluding carboxylic acids is 2. The van der Waals surface area contributed by atoms with Gasteiger partial charge in [0, 0.05) is 22.3 Å². The minimum Gasteiger partial charge on any atom is -0.543 e. The van der Waals surface area contributed by atoms with Gasteiger partial charge in [-0.25, -0.2) is 19.9 Å². The number of nitrogens with one attached hydrogen (secondary N) is 4. The molecule has 8 N–H and O–H groups in total. The van der Waals surface area contributed by atoms with Crippen molar-refractivity contribution in [2.24, 2.45) is 0 Å². The molecule has 0 unspecified atom stereocenters. The van der Waals surface area contributed by atoms with Crippen LogP contribution in [0.15, 0.2) is 158 Å². The molecule has 0 fully saturated rings. The van der Waals surface area contributed by atoms with Crippen LogP contribution in [0.5, 0.6) is 23.0 Å². The maximum absolute atomic E-state index is 9.79. The van der Waals surface area contributed by atoms with Gasteiger partial charge >= 0.3 is 0 Å². The van der Waals surface area contributed by atoms with Gasteiger partial charge in [0.1, 0.15) is 0 Å². The molecule has 0 aliphatic heterocycles. The van der Waals surface area contributed by atoms with E-state index < -0.39 is 11.9 Å². The highest BCUT2D eigenvalue weighted by atomic mass is 16.4. The maximum atomic E-state index is 9.79. The van der Waals surface area contributed by atoms with Crippen LogP contribution in [0.1, 0.15) is 0 Å². The van der Waals surface area contributed by atoms with Crippen LogP contribution in [0, 0.1) is 0 Å². The first kappa shape index (κ1) is 37.6. The number of H-pyrrole nitrogens is 4. The van der Waals surface area contributed by atoms with Gasteiger partial charge in [0.2, 0.25) is 0 Å². The Labute approximate surface area is 320 Å². The number of hydrogen-bond acceptors (Lipinski definition) is 8. The van der Waals surface area contributed by atoms with Crippen LogP contribution in [0.25, 0.3) is 67.8 Å². The molecule has 2 heterocycles. The van der Waals surface area contributed by atoms with Crippen molar-refractivity contribution in [2.75, 3.05) is 0 Å². The minimum absolute atomic E-state index is 0.137. The largest absolute Gasteiger partial charge is 0.543 e. The Bertz CT molecular complexity index is 2280. The Morgan fingerprint density at radius 3 is 0.982 bits per heavy atom. The van der Waals surface area contributed by atoms with Gasteiger partial charge in [0.15, 0.2) is 45.8 Å². The second kappa shape index (κ2) is 17.1. The van der Waals surface area contributed by atoms with E-state index in [0.717, 1.165) is 67.8 Å². The average Bonchev–Trinajstić information content (AvgIpc) is 3.88. The summed E-state index contributed by atoms with van der Waals surface area (Å²) in [6.45, 7) is 0. The van der Waals surface area contributed by atoms with Crippen LogP contribution in [0.3, 0.4) is 0 Å². The number of carbonyl (C=O) groups is 2. The summed E-state index contributed by atoms with van der Waals surface area (Å²) in [6.07, 6.45) is 0. The summed E-state index contributed by atoms with van der Waals surface area (Å²) in [6, 6.07) is 49.8. The van der Waals surface area contributed by atoms with Crippen molar-refractivity contribution in [3.8, 4) is 90.8 Å². The van der Waals surface area contributed by atoms with Gasteiger partial charge in [-0.15, -0.1) is 0 Å². The van der Waals surface area contributed by atoms with E-state index in [-0.39, 0.29) is 23.0 Å². The molecular formula is C44H34N4O8. The number of hydrogen-bond donors (Lipinski definition) is 6. The fourth-order valence-corrected chi connectivity index (χ4v) is 5.74. The fraction of sp³-hybridized carbons (Fsp3) is 0. The SMILES string of the molecule is O=C([O-])C(=O)[O-].Oc1ccc(-c2[nH]c(-c3ccccc3)c(-c3ccccc3)[nH+]2)cc1O.Oc1ccc(-c2[nH]c(-c3ccccc3)c(-c3ccccc3)[nH+]2)cc1O. The second-order valence-corrected chi connectivity index (χ2v) is 12.2. The summed E-state index contributed by atoms with van der Waals surface area (Å²) in [5, 5.41) is 56.5. The topological polar surface area (TPSA) is 221 Å². The molecule has 0 spiro atoms. The summed E-state index contributed by atoms with van der Waals surface area (Å²) in [5.74, 6) is -3.43. The first-order valence-electron chi connectivity index (χ1n) is 17.1. The molecule has 0 atom stereocenters. The number of benzene rings is 6. The highest BCUT2D eigenvalue weighted by Gasteiger charge is 2.23. The predicted octanol–water partition coefficient (Wildman–Crippen LogP) is 4.97. The van der Waals surface area contributed by atoms with Crippen LogP contribution in [-0.2, 0) is 9.59 Å². The zero-order valence-electron chi connectivity index (χ0n) is 29.4. The Morgan fingerprint density at radius 2 is 0.696 bits per heavy atom. The molecule has 0 bridgehead atoms. The van der Waals surface area contributed by atoms with Crippen LogP contribution in [0.2, 0.25) is 0 Å². The van der Waals surface area contributed by atoms with E-state index >= 15 is 0 Å². The summed E-state index contributed by atoms with van der Waals surface area (Å²) >= 11 is 0. The molecule has 12 nitrogen and oxygen atoms in total. The lowest BCUT2D eigenvalue weighted by Crippen LogP contribution is -2.42. The maximum Gasteiger partial charge on any atom is 0.285 e. The quantitative estimate of drug-likeness (QED) is 0.101. The lowest BCUT2D eigenvalue weighted by atomic mass is 10.1. The second-order valence-electron chi connectivity index (χ2n) is 12.2. The fourth-order valence-electron chi connectivity index (χ4n) is 5.74. The Hall–Kier alpha value is -8.12. The third-order valence-corrected chi connectivity index (χ3v) is 8.44. The molecular weight excluding hydrogens is 713 g/mol. The summed E-state index contributed by atoms with van der Waals surface area (Å²) < 4.78 is 0. The van der Waals surface area contributed by atoms with Crippen LogP contribution >= 0.6 is 0 Å². The number of imidazole rings is 2. The van der Waals surface area contributed by atoms with E-state index in [1.54, 1.807) is 12.1 Å². The van der Waals surface area contributed by atoms with Crippen LogP contribution in [-0.4, -0.2) is 42.3 Å². The predicted molar refractivity (Wildman–Crippen MR) is 204 cm³/mol. The van der Waals surface area contributed by atoms with Gasteiger partial charge in [-0.3, -0.25) is 0 Å². The van der Waals surface area contributed by atoms with Crippen molar-refractivity contribution in [2.45, 2.75) is 0 Å². The van der Waals surface area contributed by atoms with Gasteiger partial charge in [0.05, 0.1) is 23.1 Å². The Balaban J connectivity index is 0.000000166. The molecule has 2 aromatic heterocycles. The van der Waals surface area contributed by atoms with Crippen molar-refractivity contribution in [1.29, 1.82) is 0 Å². The number of aromatic nitrogens is 4. The molecule has 0 saturated carbocycles. The molecule has 0 saturated heterocycles. The van der Waals surface area contributed by atoms with Gasteiger partial charge in [-0.05, 0) is 36.4 Å². The highest BCUT2D eigenvalue weighted by Crippen LogP contribution is 2.34. The number of carboxylic acids is 2. The third-order valence-electron chi connectivity index (χ3n) is 8.44. The van der Waals surface area contributed by atoms with Gasteiger partial charge in [-0.2, -0.15) is 0 Å². The highest BCUT2D eigenvalue weighted by molar-refractivity contribution is 6.25. The third kappa shape index (κ3) is 8.90. The number of phenols is 4. The molecule has 0 aliphatic rings. The molecule has 0 aliphatic carbocycles. The minimum atomic E-state index is -2.19. The summed E-state index contributed by atoms with van der Waals surface area (Å²) in [7, 11) is 0. The van der Waals surface area contributed by atoms with Crippen molar-refractivity contribution >= 4 is 11.9 Å². The van der Waals surface area contributed by atoms with Gasteiger partial charge < -0.3 is 40.2 Å². The number of rotatable bonds is 6. The molecule has 56 heavy (non-hydrogen) atoms. The first-order chi connectivity index (χ1) is 27.1. The van der Waals surface area contributed by atoms with Gasteiger partial charge in [0.25, 0.3) is 11.6 Å². The van der Waals surface area contributed by atoms with E-state index in [1.807, 2.05) is 121 Å². The van der Waals surface area contributed by atoms with Gasteiger partial charge in [-0.1, -0.05) is 121 Å². The number of carboxylic acid groups (broad SMARTS) is 2. The smallest absolute Gasteiger partial charge is 0.285 e. The normalized spacial score (nSPS) is 10.4. The van der Waals surface area contributed by atoms with Crippen molar-refractivity contribution in [3.05, 3.63) is 158 Å². The molecule has 278 valence electrons. The standard InChI is InChI=1S/2C21H16N2O2.C2H2O4/c2*24-17-12-11-16(13-18(17)25)21-22-19(14-7-3-1-4-8-14)20(23-21)15-9-5-2-6-10-15;3-1(4)2(5)6/h2*1-13,24-25H,(H,22,23);(H,3,4)(H,5,6). The van der Waals surface area contributed by atoms with Crippen molar-refractivity contribution in [3.63, 3.8) is 0 Å². The number of aromatic hydroxyl groups is 4. The van der Waals surface area contributed by atoms with Crippen molar-refractivity contribution < 1.29 is 50.2 Å². The molecule has 0 radical (unpaired) electrons.